The lowest BCUT2D eigenvalue weighted by Crippen LogP contribution is -2.45. The van der Waals surface area contributed by atoms with Crippen molar-refractivity contribution in [3.8, 4) is 11.8 Å². The van der Waals surface area contributed by atoms with Crippen molar-refractivity contribution in [2.45, 2.75) is 18.1 Å². The maximum Gasteiger partial charge on any atom is 0.425 e. The van der Waals surface area contributed by atoms with Crippen LogP contribution in [-0.2, 0) is 9.53 Å². The first-order valence-corrected chi connectivity index (χ1v) is 9.77. The number of ether oxygens (including phenoxy) is 1. The summed E-state index contributed by atoms with van der Waals surface area (Å²) in [7, 11) is 1.03. The quantitative estimate of drug-likeness (QED) is 0.304. The second-order valence-corrected chi connectivity index (χ2v) is 6.92. The number of esters is 1. The van der Waals surface area contributed by atoms with Crippen molar-refractivity contribution < 1.29 is 22.7 Å². The van der Waals surface area contributed by atoms with Gasteiger partial charge < -0.3 is 4.74 Å². The third-order valence-corrected chi connectivity index (χ3v) is 4.68. The topological polar surface area (TPSA) is 38.7 Å². The zero-order chi connectivity index (χ0) is 23.0. The van der Waals surface area contributed by atoms with Crippen LogP contribution >= 0.6 is 0 Å². The van der Waals surface area contributed by atoms with Gasteiger partial charge in [0.25, 0.3) is 0 Å². The van der Waals surface area contributed by atoms with Crippen LogP contribution in [0.1, 0.15) is 23.1 Å². The average Bonchev–Trinajstić information content (AvgIpc) is 2.81. The molecule has 0 aliphatic carbocycles. The van der Waals surface area contributed by atoms with Crippen LogP contribution in [0.3, 0.4) is 0 Å². The third kappa shape index (κ3) is 5.44. The summed E-state index contributed by atoms with van der Waals surface area (Å²) in [5.41, 5.74) is -1.61. The Balaban J connectivity index is 2.29. The Morgan fingerprint density at radius 1 is 0.844 bits per heavy atom. The van der Waals surface area contributed by atoms with Crippen LogP contribution in [0.4, 0.5) is 13.2 Å². The predicted octanol–water partition coefficient (Wildman–Crippen LogP) is 5.44. The molecular weight excluding hydrogens is 415 g/mol. The summed E-state index contributed by atoms with van der Waals surface area (Å²) in [5.74, 6) is 3.75. The van der Waals surface area contributed by atoms with Crippen molar-refractivity contribution in [3.05, 3.63) is 108 Å². The maximum absolute atomic E-state index is 14.5. The Morgan fingerprint density at radius 2 is 1.31 bits per heavy atom. The van der Waals surface area contributed by atoms with Gasteiger partial charge in [-0.25, -0.2) is 0 Å². The molecule has 1 unspecified atom stereocenters. The summed E-state index contributed by atoms with van der Waals surface area (Å²) in [6, 6.07) is 25.2. The SMILES string of the molecule is COC(=O)CC(C#Cc1ccccc1)(N=C(c1ccccc1)c1ccccc1)C(F)(F)F. The normalized spacial score (nSPS) is 12.6. The van der Waals surface area contributed by atoms with Gasteiger partial charge in [-0.1, -0.05) is 90.7 Å². The van der Waals surface area contributed by atoms with E-state index in [4.69, 9.17) is 0 Å². The van der Waals surface area contributed by atoms with E-state index >= 15 is 0 Å². The first-order valence-electron chi connectivity index (χ1n) is 9.77. The van der Waals surface area contributed by atoms with E-state index in [1.807, 2.05) is 0 Å². The van der Waals surface area contributed by atoms with Gasteiger partial charge in [0.2, 0.25) is 5.54 Å². The van der Waals surface area contributed by atoms with Crippen molar-refractivity contribution in [1.82, 2.24) is 0 Å². The minimum absolute atomic E-state index is 0.0785. The number of aliphatic imine (C=N–C) groups is 1. The van der Waals surface area contributed by atoms with E-state index in [0.717, 1.165) is 7.11 Å². The van der Waals surface area contributed by atoms with Gasteiger partial charge in [0.15, 0.2) is 0 Å². The summed E-state index contributed by atoms with van der Waals surface area (Å²) >= 11 is 0. The highest BCUT2D eigenvalue weighted by atomic mass is 19.4. The third-order valence-electron chi connectivity index (χ3n) is 4.68. The Labute approximate surface area is 184 Å². The first-order chi connectivity index (χ1) is 15.3. The van der Waals surface area contributed by atoms with Gasteiger partial charge in [-0.2, -0.15) is 13.2 Å². The fraction of sp³-hybridized carbons (Fsp3) is 0.154. The number of hydrogen-bond acceptors (Lipinski definition) is 3. The molecule has 3 nitrogen and oxygen atoms in total. The van der Waals surface area contributed by atoms with E-state index < -0.39 is 24.1 Å². The maximum atomic E-state index is 14.5. The molecule has 3 rings (SSSR count). The van der Waals surface area contributed by atoms with Gasteiger partial charge >= 0.3 is 12.1 Å². The minimum Gasteiger partial charge on any atom is -0.469 e. The lowest BCUT2D eigenvalue weighted by Gasteiger charge is -2.27. The Hall–Kier alpha value is -3.85. The Kier molecular flexibility index (Phi) is 7.11. The molecule has 0 fully saturated rings. The lowest BCUT2D eigenvalue weighted by atomic mass is 9.93. The molecule has 0 aliphatic heterocycles. The molecular formula is C26H20F3NO2. The molecule has 0 bridgehead atoms. The van der Waals surface area contributed by atoms with Crippen LogP contribution in [0.15, 0.2) is 96.0 Å². The number of halogens is 3. The number of rotatable bonds is 5. The van der Waals surface area contributed by atoms with Crippen molar-refractivity contribution in [3.63, 3.8) is 0 Å². The number of carbonyl (C=O) groups is 1. The minimum atomic E-state index is -4.95. The standard InChI is InChI=1S/C26H20F3NO2/c1-32-23(31)19-25(26(27,28)29,18-17-20-11-5-2-6-12-20)30-24(21-13-7-3-8-14-21)22-15-9-4-10-16-22/h2-16H,19H2,1H3. The van der Waals surface area contributed by atoms with Crippen molar-refractivity contribution in [2.75, 3.05) is 7.11 Å². The number of carbonyl (C=O) groups excluding carboxylic acids is 1. The second-order valence-electron chi connectivity index (χ2n) is 6.92. The van der Waals surface area contributed by atoms with E-state index in [9.17, 15) is 18.0 Å². The summed E-state index contributed by atoms with van der Waals surface area (Å²) in [6.07, 6.45) is -6.02. The Morgan fingerprint density at radius 3 is 1.75 bits per heavy atom. The van der Waals surface area contributed by atoms with Crippen LogP contribution in [0.5, 0.6) is 0 Å². The predicted molar refractivity (Wildman–Crippen MR) is 117 cm³/mol. The molecule has 3 aromatic rings. The molecule has 0 radical (unpaired) electrons. The highest BCUT2D eigenvalue weighted by Gasteiger charge is 2.56. The number of nitrogens with zero attached hydrogens (tertiary/aromatic N) is 1. The largest absolute Gasteiger partial charge is 0.469 e. The molecule has 0 heterocycles. The summed E-state index contributed by atoms with van der Waals surface area (Å²) in [4.78, 5) is 16.2. The number of methoxy groups -OCH3 is 1. The second kappa shape index (κ2) is 9.97. The van der Waals surface area contributed by atoms with Gasteiger partial charge in [-0.15, -0.1) is 0 Å². The van der Waals surface area contributed by atoms with E-state index in [1.165, 1.54) is 0 Å². The molecule has 0 spiro atoms. The molecule has 6 heteroatoms. The highest BCUT2D eigenvalue weighted by molar-refractivity contribution is 6.13. The zero-order valence-electron chi connectivity index (χ0n) is 17.3. The van der Waals surface area contributed by atoms with E-state index in [-0.39, 0.29) is 5.71 Å². The van der Waals surface area contributed by atoms with Gasteiger partial charge in [-0.05, 0) is 12.1 Å². The van der Waals surface area contributed by atoms with Crippen LogP contribution in [-0.4, -0.2) is 30.5 Å². The molecule has 0 saturated heterocycles. The van der Waals surface area contributed by atoms with Crippen LogP contribution in [0.25, 0.3) is 0 Å². The molecule has 32 heavy (non-hydrogen) atoms. The average molecular weight is 435 g/mol. The number of alkyl halides is 3. The van der Waals surface area contributed by atoms with Crippen molar-refractivity contribution >= 4 is 11.7 Å². The smallest absolute Gasteiger partial charge is 0.425 e. The van der Waals surface area contributed by atoms with Crippen LogP contribution in [0.2, 0.25) is 0 Å². The van der Waals surface area contributed by atoms with Gasteiger partial charge in [0.05, 0.1) is 19.2 Å². The zero-order valence-corrected chi connectivity index (χ0v) is 17.3. The monoisotopic (exact) mass is 435 g/mol. The fourth-order valence-corrected chi connectivity index (χ4v) is 3.00. The van der Waals surface area contributed by atoms with Crippen molar-refractivity contribution in [1.29, 1.82) is 0 Å². The van der Waals surface area contributed by atoms with E-state index in [2.05, 4.69) is 21.6 Å². The molecule has 0 saturated carbocycles. The van der Waals surface area contributed by atoms with Crippen LogP contribution < -0.4 is 0 Å². The highest BCUT2D eigenvalue weighted by Crippen LogP contribution is 2.38. The molecule has 3 aromatic carbocycles. The van der Waals surface area contributed by atoms with E-state index in [0.29, 0.717) is 16.7 Å². The van der Waals surface area contributed by atoms with Gasteiger partial charge in [0.1, 0.15) is 0 Å². The van der Waals surface area contributed by atoms with Crippen molar-refractivity contribution in [2.24, 2.45) is 4.99 Å². The molecule has 0 aromatic heterocycles. The van der Waals surface area contributed by atoms with Gasteiger partial charge in [-0.3, -0.25) is 9.79 Å². The lowest BCUT2D eigenvalue weighted by molar-refractivity contribution is -0.177. The molecule has 0 amide bonds. The Bertz CT molecular complexity index is 1090. The van der Waals surface area contributed by atoms with E-state index in [1.54, 1.807) is 91.0 Å². The fourth-order valence-electron chi connectivity index (χ4n) is 3.00. The summed E-state index contributed by atoms with van der Waals surface area (Å²) < 4.78 is 48.2. The molecule has 1 atom stereocenters. The summed E-state index contributed by atoms with van der Waals surface area (Å²) in [6.45, 7) is 0. The van der Waals surface area contributed by atoms with Crippen LogP contribution in [0, 0.1) is 11.8 Å². The van der Waals surface area contributed by atoms with Gasteiger partial charge in [0, 0.05) is 16.7 Å². The number of benzene rings is 3. The molecule has 0 aliphatic rings. The molecule has 0 N–H and O–H groups in total. The summed E-state index contributed by atoms with van der Waals surface area (Å²) in [5, 5.41) is 0. The molecule has 162 valence electrons. The first kappa shape index (κ1) is 22.8. The number of hydrogen-bond donors (Lipinski definition) is 0.